The molecule has 0 bridgehead atoms. The third kappa shape index (κ3) is 4.48. The zero-order chi connectivity index (χ0) is 19.3. The molecule has 1 nitrogen and oxygen atoms in total. The van der Waals surface area contributed by atoms with Crippen molar-refractivity contribution in [2.75, 3.05) is 13.7 Å². The van der Waals surface area contributed by atoms with E-state index in [1.54, 1.807) is 0 Å². The summed E-state index contributed by atoms with van der Waals surface area (Å²) in [5, 5.41) is 0. The van der Waals surface area contributed by atoms with Gasteiger partial charge in [-0.05, 0) is 66.4 Å². The van der Waals surface area contributed by atoms with Crippen molar-refractivity contribution in [3.63, 3.8) is 0 Å². The first kappa shape index (κ1) is 22.2. The summed E-state index contributed by atoms with van der Waals surface area (Å²) >= 11 is 0. The van der Waals surface area contributed by atoms with Crippen LogP contribution in [0, 0.1) is 22.7 Å². The Morgan fingerprint density at radius 3 is 2.44 bits per heavy atom. The van der Waals surface area contributed by atoms with Crippen LogP contribution in [0.2, 0.25) is 0 Å². The van der Waals surface area contributed by atoms with Crippen LogP contribution < -0.4 is 0 Å². The average Bonchev–Trinajstić information content (AvgIpc) is 2.56. The van der Waals surface area contributed by atoms with Crippen molar-refractivity contribution in [2.24, 2.45) is 22.7 Å². The van der Waals surface area contributed by atoms with Gasteiger partial charge in [-0.25, -0.2) is 0 Å². The number of ether oxygens (including phenoxy) is 1. The largest absolute Gasteiger partial charge is 0.384 e. The van der Waals surface area contributed by atoms with Crippen LogP contribution in [0.1, 0.15) is 80.6 Å². The van der Waals surface area contributed by atoms with E-state index < -0.39 is 0 Å². The predicted octanol–water partition coefficient (Wildman–Crippen LogP) is 7.35. The number of methoxy groups -OCH3 is 1. The minimum atomic E-state index is 0.259. The lowest BCUT2D eigenvalue weighted by Crippen LogP contribution is -2.48. The fourth-order valence-electron chi connectivity index (χ4n) is 5.23. The molecule has 0 spiro atoms. The molecule has 1 saturated carbocycles. The minimum absolute atomic E-state index is 0.259. The number of fused-ring (bicyclic) bond motifs is 1. The number of rotatable bonds is 5. The molecule has 1 heteroatoms. The first-order valence-corrected chi connectivity index (χ1v) is 10.3. The smallest absolute Gasteiger partial charge is 0.0518 e. The summed E-state index contributed by atoms with van der Waals surface area (Å²) < 4.78 is 5.62. The van der Waals surface area contributed by atoms with Gasteiger partial charge in [0.2, 0.25) is 0 Å². The minimum Gasteiger partial charge on any atom is -0.384 e. The van der Waals surface area contributed by atoms with Gasteiger partial charge in [-0.2, -0.15) is 0 Å². The van der Waals surface area contributed by atoms with Crippen molar-refractivity contribution >= 4 is 0 Å². The lowest BCUT2D eigenvalue weighted by molar-refractivity contribution is -0.0476. The third-order valence-corrected chi connectivity index (χ3v) is 6.71. The molecule has 0 aromatic carbocycles. The van der Waals surface area contributed by atoms with Crippen LogP contribution in [-0.2, 0) is 4.74 Å². The van der Waals surface area contributed by atoms with Gasteiger partial charge in [-0.15, -0.1) is 0 Å². The van der Waals surface area contributed by atoms with Crippen molar-refractivity contribution in [1.82, 2.24) is 0 Å². The molecule has 0 amide bonds. The molecule has 2 aliphatic rings. The summed E-state index contributed by atoms with van der Waals surface area (Å²) in [6, 6.07) is 0. The van der Waals surface area contributed by atoms with E-state index in [9.17, 15) is 0 Å². The van der Waals surface area contributed by atoms with Crippen LogP contribution in [-0.4, -0.2) is 13.7 Å². The molecule has 144 valence electrons. The summed E-state index contributed by atoms with van der Waals surface area (Å²) in [6.07, 6.45) is 11.0. The van der Waals surface area contributed by atoms with Gasteiger partial charge in [0, 0.05) is 7.11 Å². The van der Waals surface area contributed by atoms with Gasteiger partial charge in [0.05, 0.1) is 6.61 Å². The van der Waals surface area contributed by atoms with E-state index in [4.69, 9.17) is 4.74 Å². The first-order valence-electron chi connectivity index (χ1n) is 10.3. The molecule has 0 aliphatic heterocycles. The van der Waals surface area contributed by atoms with E-state index in [2.05, 4.69) is 53.3 Å². The second-order valence-electron chi connectivity index (χ2n) is 8.64. The number of allylic oxidation sites excluding steroid dienone is 5. The SMILES string of the molecule is C=CC1=C(/C=C(\C)C(C)C)CCC2C(C)(COC)CCCC12C.CC. The normalized spacial score (nSPS) is 32.8. The molecule has 2 rings (SSSR count). The van der Waals surface area contributed by atoms with Crippen molar-refractivity contribution in [3.05, 3.63) is 35.5 Å². The van der Waals surface area contributed by atoms with Gasteiger partial charge in [-0.1, -0.05) is 72.3 Å². The van der Waals surface area contributed by atoms with E-state index in [-0.39, 0.29) is 5.41 Å². The molecule has 0 saturated heterocycles. The Morgan fingerprint density at radius 1 is 1.28 bits per heavy atom. The standard InChI is InChI=1S/C22H36O.C2H6/c1-8-19-18(14-17(4)16(2)3)10-11-20-21(5,15-23-7)12-9-13-22(19,20)6;1-2/h8,14,16,20H,1,9-13,15H2,2-7H3;1-2H3/b17-14+;. The highest BCUT2D eigenvalue weighted by atomic mass is 16.5. The Labute approximate surface area is 157 Å². The highest BCUT2D eigenvalue weighted by Crippen LogP contribution is 2.60. The molecule has 0 N–H and O–H groups in total. The van der Waals surface area contributed by atoms with E-state index in [0.717, 1.165) is 6.61 Å². The monoisotopic (exact) mass is 346 g/mol. The summed E-state index contributed by atoms with van der Waals surface area (Å²) in [5.41, 5.74) is 5.09. The number of hydrogen-bond acceptors (Lipinski definition) is 1. The van der Waals surface area contributed by atoms with Crippen LogP contribution in [0.5, 0.6) is 0 Å². The summed E-state index contributed by atoms with van der Waals surface area (Å²) in [4.78, 5) is 0. The van der Waals surface area contributed by atoms with Crippen LogP contribution in [0.15, 0.2) is 35.5 Å². The Hall–Kier alpha value is -0.820. The highest BCUT2D eigenvalue weighted by molar-refractivity contribution is 5.42. The van der Waals surface area contributed by atoms with Gasteiger partial charge < -0.3 is 4.74 Å². The fraction of sp³-hybridized carbons (Fsp3) is 0.750. The van der Waals surface area contributed by atoms with Gasteiger partial charge in [0.1, 0.15) is 0 Å². The second-order valence-corrected chi connectivity index (χ2v) is 8.64. The van der Waals surface area contributed by atoms with E-state index >= 15 is 0 Å². The van der Waals surface area contributed by atoms with Gasteiger partial charge in [0.15, 0.2) is 0 Å². The maximum atomic E-state index is 5.62. The maximum absolute atomic E-state index is 5.62. The topological polar surface area (TPSA) is 9.23 Å². The van der Waals surface area contributed by atoms with Crippen molar-refractivity contribution < 1.29 is 4.74 Å². The molecule has 1 fully saturated rings. The van der Waals surface area contributed by atoms with Crippen molar-refractivity contribution in [3.8, 4) is 0 Å². The van der Waals surface area contributed by atoms with Crippen molar-refractivity contribution in [2.45, 2.75) is 80.6 Å². The molecule has 2 aliphatic carbocycles. The Kier molecular flexibility index (Phi) is 8.19. The molecular weight excluding hydrogens is 304 g/mol. The van der Waals surface area contributed by atoms with Gasteiger partial charge in [0.25, 0.3) is 0 Å². The molecule has 3 unspecified atom stereocenters. The Bertz CT molecular complexity index is 506. The maximum Gasteiger partial charge on any atom is 0.0518 e. The van der Waals surface area contributed by atoms with E-state index in [1.165, 1.54) is 48.8 Å². The average molecular weight is 347 g/mol. The van der Waals surface area contributed by atoms with E-state index in [1.807, 2.05) is 21.0 Å². The summed E-state index contributed by atoms with van der Waals surface area (Å²) in [6.45, 7) is 20.8. The zero-order valence-electron chi connectivity index (χ0n) is 18.2. The van der Waals surface area contributed by atoms with Crippen LogP contribution in [0.25, 0.3) is 0 Å². The quantitative estimate of drug-likeness (QED) is 0.505. The zero-order valence-corrected chi connectivity index (χ0v) is 18.2. The van der Waals surface area contributed by atoms with Gasteiger partial charge >= 0.3 is 0 Å². The summed E-state index contributed by atoms with van der Waals surface area (Å²) in [7, 11) is 1.85. The van der Waals surface area contributed by atoms with Crippen LogP contribution >= 0.6 is 0 Å². The second kappa shape index (κ2) is 9.21. The lowest BCUT2D eigenvalue weighted by Gasteiger charge is -2.55. The molecule has 0 aromatic heterocycles. The number of hydrogen-bond donors (Lipinski definition) is 0. The van der Waals surface area contributed by atoms with Gasteiger partial charge in [-0.3, -0.25) is 0 Å². The molecular formula is C24H42O. The highest BCUT2D eigenvalue weighted by Gasteiger charge is 2.51. The predicted molar refractivity (Wildman–Crippen MR) is 112 cm³/mol. The summed E-state index contributed by atoms with van der Waals surface area (Å²) in [5.74, 6) is 1.32. The molecule has 25 heavy (non-hydrogen) atoms. The van der Waals surface area contributed by atoms with Crippen LogP contribution in [0.3, 0.4) is 0 Å². The molecule has 3 atom stereocenters. The first-order chi connectivity index (χ1) is 11.8. The van der Waals surface area contributed by atoms with Crippen LogP contribution in [0.4, 0.5) is 0 Å². The Balaban J connectivity index is 0.00000151. The molecule has 0 aromatic rings. The van der Waals surface area contributed by atoms with Crippen molar-refractivity contribution in [1.29, 1.82) is 0 Å². The third-order valence-electron chi connectivity index (χ3n) is 6.71. The molecule has 0 radical (unpaired) electrons. The Morgan fingerprint density at radius 2 is 1.92 bits per heavy atom. The molecule has 0 heterocycles. The fourth-order valence-corrected chi connectivity index (χ4v) is 5.23. The van der Waals surface area contributed by atoms with E-state index in [0.29, 0.717) is 17.3 Å². The lowest BCUT2D eigenvalue weighted by atomic mass is 9.50.